The number of hydrogen-bond acceptors (Lipinski definition) is 2. The van der Waals surface area contributed by atoms with Gasteiger partial charge in [0, 0.05) is 9.75 Å². The number of unbranched alkanes of at least 4 members (excludes halogenated alkanes) is 10. The monoisotopic (exact) mass is 468 g/mol. The summed E-state index contributed by atoms with van der Waals surface area (Å²) in [6.07, 6.45) is 19.1. The highest BCUT2D eigenvalue weighted by atomic mass is 79.9. The molecule has 0 saturated heterocycles. The van der Waals surface area contributed by atoms with Crippen molar-refractivity contribution in [2.24, 2.45) is 0 Å². The minimum atomic E-state index is 1.20. The van der Waals surface area contributed by atoms with E-state index in [-0.39, 0.29) is 0 Å². The molecule has 0 spiro atoms. The second-order valence-corrected chi connectivity index (χ2v) is 11.0. The molecule has 0 nitrogen and oxygen atoms in total. The highest BCUT2D eigenvalue weighted by Gasteiger charge is 2.13. The molecule has 27 heavy (non-hydrogen) atoms. The fraction of sp³-hybridized carbons (Fsp3) is 0.667. The lowest BCUT2D eigenvalue weighted by atomic mass is 10.0. The molecule has 0 aromatic carbocycles. The van der Waals surface area contributed by atoms with Crippen molar-refractivity contribution in [1.29, 1.82) is 0 Å². The average molecular weight is 470 g/mol. The lowest BCUT2D eigenvalue weighted by Gasteiger charge is -2.04. The van der Waals surface area contributed by atoms with Gasteiger partial charge in [0.2, 0.25) is 0 Å². The van der Waals surface area contributed by atoms with Gasteiger partial charge in [0.05, 0.1) is 3.79 Å². The summed E-state index contributed by atoms with van der Waals surface area (Å²) in [6.45, 7) is 4.56. The second-order valence-electron chi connectivity index (χ2n) is 7.72. The summed E-state index contributed by atoms with van der Waals surface area (Å²) in [5.74, 6) is 0. The van der Waals surface area contributed by atoms with Crippen LogP contribution in [0.1, 0.15) is 102 Å². The molecular weight excluding hydrogens is 432 g/mol. The largest absolute Gasteiger partial charge is 0.143 e. The van der Waals surface area contributed by atoms with Crippen LogP contribution < -0.4 is 0 Å². The van der Waals surface area contributed by atoms with Crippen molar-refractivity contribution in [2.45, 2.75) is 104 Å². The Morgan fingerprint density at radius 2 is 1.33 bits per heavy atom. The molecular formula is C24H37BrS2. The smallest absolute Gasteiger partial charge is 0.0737 e. The Labute approximate surface area is 183 Å². The number of rotatable bonds is 15. The Balaban J connectivity index is 1.70. The van der Waals surface area contributed by atoms with Gasteiger partial charge in [-0.05, 0) is 70.3 Å². The topological polar surface area (TPSA) is 0 Å². The molecule has 0 atom stereocenters. The Kier molecular flexibility index (Phi) is 12.0. The van der Waals surface area contributed by atoms with E-state index in [1.54, 1.807) is 5.56 Å². The van der Waals surface area contributed by atoms with E-state index >= 15 is 0 Å². The minimum absolute atomic E-state index is 1.20. The molecule has 0 aliphatic rings. The van der Waals surface area contributed by atoms with Crippen LogP contribution in [0.2, 0.25) is 0 Å². The van der Waals surface area contributed by atoms with E-state index in [1.807, 2.05) is 22.7 Å². The predicted octanol–water partition coefficient (Wildman–Crippen LogP) is 10.0. The maximum absolute atomic E-state index is 3.79. The van der Waals surface area contributed by atoms with Crippen LogP contribution in [-0.4, -0.2) is 0 Å². The van der Waals surface area contributed by atoms with Crippen LogP contribution in [0.15, 0.2) is 21.3 Å². The Morgan fingerprint density at radius 3 is 2.00 bits per heavy atom. The summed E-state index contributed by atoms with van der Waals surface area (Å²) in [5, 5.41) is 2.28. The first-order valence-electron chi connectivity index (χ1n) is 11.1. The van der Waals surface area contributed by atoms with Gasteiger partial charge < -0.3 is 0 Å². The van der Waals surface area contributed by atoms with Gasteiger partial charge in [-0.15, -0.1) is 22.7 Å². The molecule has 2 heterocycles. The van der Waals surface area contributed by atoms with Crippen molar-refractivity contribution in [1.82, 2.24) is 0 Å². The van der Waals surface area contributed by atoms with Crippen molar-refractivity contribution in [2.75, 3.05) is 0 Å². The zero-order chi connectivity index (χ0) is 19.3. The van der Waals surface area contributed by atoms with Gasteiger partial charge in [-0.3, -0.25) is 0 Å². The fourth-order valence-electron chi connectivity index (χ4n) is 3.61. The van der Waals surface area contributed by atoms with E-state index in [9.17, 15) is 0 Å². The van der Waals surface area contributed by atoms with Crippen molar-refractivity contribution >= 4 is 38.6 Å². The van der Waals surface area contributed by atoms with Crippen molar-refractivity contribution < 1.29 is 0 Å². The molecule has 2 aromatic rings. The Morgan fingerprint density at radius 1 is 0.741 bits per heavy atom. The normalized spacial score (nSPS) is 11.4. The van der Waals surface area contributed by atoms with Gasteiger partial charge in [-0.25, -0.2) is 0 Å². The number of thiophene rings is 2. The standard InChI is InChI=1S/C24H37BrS2/c1-3-5-7-8-9-10-11-12-13-14-16-20-17-18-26-23(20)22-19-21(15-6-4-2)24(25)27-22/h17-19H,3-16H2,1-2H3. The molecule has 0 bridgehead atoms. The van der Waals surface area contributed by atoms with E-state index in [2.05, 4.69) is 47.3 Å². The van der Waals surface area contributed by atoms with Gasteiger partial charge in [0.1, 0.15) is 0 Å². The lowest BCUT2D eigenvalue weighted by molar-refractivity contribution is 0.556. The van der Waals surface area contributed by atoms with E-state index in [4.69, 9.17) is 0 Å². The SMILES string of the molecule is CCCCCCCCCCCCc1ccsc1-c1cc(CCCC)c(Br)s1. The van der Waals surface area contributed by atoms with Gasteiger partial charge in [-0.2, -0.15) is 0 Å². The molecule has 0 radical (unpaired) electrons. The summed E-state index contributed by atoms with van der Waals surface area (Å²) < 4.78 is 1.34. The number of aryl methyl sites for hydroxylation is 2. The van der Waals surface area contributed by atoms with Gasteiger partial charge in [0.15, 0.2) is 0 Å². The van der Waals surface area contributed by atoms with Gasteiger partial charge in [-0.1, -0.05) is 78.1 Å². The van der Waals surface area contributed by atoms with Crippen LogP contribution in [0.3, 0.4) is 0 Å². The molecule has 0 aliphatic carbocycles. The summed E-state index contributed by atoms with van der Waals surface area (Å²) in [4.78, 5) is 2.98. The van der Waals surface area contributed by atoms with Crippen LogP contribution in [0.4, 0.5) is 0 Å². The average Bonchev–Trinajstić information content (AvgIpc) is 3.28. The first-order chi connectivity index (χ1) is 13.3. The Hall–Kier alpha value is -0.120. The molecule has 3 heteroatoms. The van der Waals surface area contributed by atoms with Crippen LogP contribution in [0.5, 0.6) is 0 Å². The molecule has 0 N–H and O–H groups in total. The highest BCUT2D eigenvalue weighted by Crippen LogP contribution is 2.40. The quantitative estimate of drug-likeness (QED) is 0.228. The second kappa shape index (κ2) is 14.0. The van der Waals surface area contributed by atoms with Gasteiger partial charge >= 0.3 is 0 Å². The number of halogens is 1. The molecule has 0 amide bonds. The third-order valence-corrected chi connectivity index (χ3v) is 8.42. The summed E-state index contributed by atoms with van der Waals surface area (Å²) in [6, 6.07) is 4.78. The highest BCUT2D eigenvalue weighted by molar-refractivity contribution is 9.11. The summed E-state index contributed by atoms with van der Waals surface area (Å²) in [7, 11) is 0. The first-order valence-corrected chi connectivity index (χ1v) is 13.6. The van der Waals surface area contributed by atoms with E-state index in [0.717, 1.165) is 0 Å². The third kappa shape index (κ3) is 8.41. The van der Waals surface area contributed by atoms with Crippen LogP contribution in [0.25, 0.3) is 9.75 Å². The molecule has 2 rings (SSSR count). The maximum atomic E-state index is 3.79. The fourth-order valence-corrected chi connectivity index (χ4v) is 6.49. The zero-order valence-corrected chi connectivity index (χ0v) is 20.5. The van der Waals surface area contributed by atoms with Crippen LogP contribution in [0, 0.1) is 0 Å². The van der Waals surface area contributed by atoms with Crippen molar-refractivity contribution in [3.63, 3.8) is 0 Å². The molecule has 2 aromatic heterocycles. The van der Waals surface area contributed by atoms with E-state index in [1.165, 1.54) is 109 Å². The van der Waals surface area contributed by atoms with Crippen LogP contribution in [-0.2, 0) is 12.8 Å². The predicted molar refractivity (Wildman–Crippen MR) is 129 cm³/mol. The Bertz CT molecular complexity index is 626. The van der Waals surface area contributed by atoms with Gasteiger partial charge in [0.25, 0.3) is 0 Å². The molecule has 0 aliphatic heterocycles. The van der Waals surface area contributed by atoms with E-state index in [0.29, 0.717) is 0 Å². The molecule has 0 fully saturated rings. The first kappa shape index (κ1) is 23.2. The molecule has 0 unspecified atom stereocenters. The maximum Gasteiger partial charge on any atom is 0.0737 e. The summed E-state index contributed by atoms with van der Waals surface area (Å²) in [5.41, 5.74) is 3.06. The summed E-state index contributed by atoms with van der Waals surface area (Å²) >= 11 is 7.63. The van der Waals surface area contributed by atoms with Crippen molar-refractivity contribution in [3.8, 4) is 9.75 Å². The molecule has 152 valence electrons. The number of hydrogen-bond donors (Lipinski definition) is 0. The van der Waals surface area contributed by atoms with Crippen LogP contribution >= 0.6 is 38.6 Å². The third-order valence-electron chi connectivity index (χ3n) is 5.33. The van der Waals surface area contributed by atoms with Crippen molar-refractivity contribution in [3.05, 3.63) is 32.4 Å². The van der Waals surface area contributed by atoms with E-state index < -0.39 is 0 Å². The lowest BCUT2D eigenvalue weighted by Crippen LogP contribution is -1.86. The minimum Gasteiger partial charge on any atom is -0.143 e. The molecule has 0 saturated carbocycles. The zero-order valence-electron chi connectivity index (χ0n) is 17.3.